The second-order valence-corrected chi connectivity index (χ2v) is 5.05. The molecule has 2 aromatic rings. The zero-order valence-corrected chi connectivity index (χ0v) is 12.8. The van der Waals surface area contributed by atoms with E-state index in [1.165, 1.54) is 18.1 Å². The number of tetrazole rings is 1. The molecule has 1 atom stereocenters. The molecule has 0 saturated heterocycles. The van der Waals surface area contributed by atoms with Gasteiger partial charge < -0.3 is 15.2 Å². The number of hydrogen-bond acceptors (Lipinski definition) is 6. The highest BCUT2D eigenvalue weighted by Crippen LogP contribution is 2.23. The Kier molecular flexibility index (Phi) is 5.23. The zero-order chi connectivity index (χ0) is 16.8. The SMILES string of the molecule is COc1ccc(C(=O)NCC(C)CC(=O)O)cc1-n1cnnn1. The third kappa shape index (κ3) is 4.25. The molecule has 0 aliphatic heterocycles. The van der Waals surface area contributed by atoms with Crippen LogP contribution in [-0.2, 0) is 4.79 Å². The average Bonchev–Trinajstić information content (AvgIpc) is 3.05. The van der Waals surface area contributed by atoms with Crippen LogP contribution < -0.4 is 10.1 Å². The first kappa shape index (κ1) is 16.4. The summed E-state index contributed by atoms with van der Waals surface area (Å²) >= 11 is 0. The number of carboxylic acid groups (broad SMARTS) is 1. The Bertz CT molecular complexity index is 686. The maximum Gasteiger partial charge on any atom is 0.303 e. The number of amides is 1. The highest BCUT2D eigenvalue weighted by atomic mass is 16.5. The molecule has 0 saturated carbocycles. The summed E-state index contributed by atoms with van der Waals surface area (Å²) in [6.07, 6.45) is 1.40. The molecule has 0 fully saturated rings. The van der Waals surface area contributed by atoms with Crippen molar-refractivity contribution in [1.29, 1.82) is 0 Å². The quantitative estimate of drug-likeness (QED) is 0.763. The summed E-state index contributed by atoms with van der Waals surface area (Å²) in [5.74, 6) is -0.835. The third-order valence-corrected chi connectivity index (χ3v) is 3.17. The number of nitrogens with zero attached hydrogens (tertiary/aromatic N) is 4. The van der Waals surface area contributed by atoms with Crippen LogP contribution in [0.1, 0.15) is 23.7 Å². The maximum atomic E-state index is 12.2. The van der Waals surface area contributed by atoms with E-state index in [1.54, 1.807) is 25.1 Å². The van der Waals surface area contributed by atoms with E-state index < -0.39 is 5.97 Å². The number of ether oxygens (including phenoxy) is 1. The molecule has 1 heterocycles. The van der Waals surface area contributed by atoms with Crippen LogP contribution in [-0.4, -0.2) is 50.8 Å². The molecule has 0 aliphatic rings. The molecule has 1 aromatic heterocycles. The second kappa shape index (κ2) is 7.34. The number of methoxy groups -OCH3 is 1. The standard InChI is InChI=1S/C14H17N5O4/c1-9(5-13(20)21)7-15-14(22)10-3-4-12(23-2)11(6-10)19-8-16-17-18-19/h3-4,6,8-9H,5,7H2,1-2H3,(H,15,22)(H,20,21). The summed E-state index contributed by atoms with van der Waals surface area (Å²) in [5.41, 5.74) is 0.933. The Morgan fingerprint density at radius 1 is 1.43 bits per heavy atom. The first-order chi connectivity index (χ1) is 11.0. The topological polar surface area (TPSA) is 119 Å². The van der Waals surface area contributed by atoms with Gasteiger partial charge >= 0.3 is 5.97 Å². The number of rotatable bonds is 7. The molecule has 9 nitrogen and oxygen atoms in total. The van der Waals surface area contributed by atoms with Gasteiger partial charge in [-0.25, -0.2) is 0 Å². The number of aromatic nitrogens is 4. The highest BCUT2D eigenvalue weighted by molar-refractivity contribution is 5.95. The molecule has 0 spiro atoms. The summed E-state index contributed by atoms with van der Waals surface area (Å²) in [4.78, 5) is 22.8. The fourth-order valence-electron chi connectivity index (χ4n) is 2.02. The van der Waals surface area contributed by atoms with Gasteiger partial charge in [-0.15, -0.1) is 5.10 Å². The molecule has 1 amide bonds. The second-order valence-electron chi connectivity index (χ2n) is 5.05. The van der Waals surface area contributed by atoms with Gasteiger partial charge in [0.2, 0.25) is 0 Å². The maximum absolute atomic E-state index is 12.2. The lowest BCUT2D eigenvalue weighted by molar-refractivity contribution is -0.137. The Morgan fingerprint density at radius 2 is 2.22 bits per heavy atom. The van der Waals surface area contributed by atoms with Gasteiger partial charge in [-0.05, 0) is 34.5 Å². The molecule has 2 N–H and O–H groups in total. The summed E-state index contributed by atoms with van der Waals surface area (Å²) in [6.45, 7) is 2.03. The van der Waals surface area contributed by atoms with Gasteiger partial charge in [0, 0.05) is 18.5 Å². The predicted octanol–water partition coefficient (Wildman–Crippen LogP) is 0.511. The minimum atomic E-state index is -0.892. The number of carbonyl (C=O) groups excluding carboxylic acids is 1. The van der Waals surface area contributed by atoms with Gasteiger partial charge in [-0.3, -0.25) is 9.59 Å². The van der Waals surface area contributed by atoms with E-state index in [2.05, 4.69) is 20.8 Å². The van der Waals surface area contributed by atoms with Crippen molar-refractivity contribution in [2.75, 3.05) is 13.7 Å². The smallest absolute Gasteiger partial charge is 0.303 e. The van der Waals surface area contributed by atoms with Crippen LogP contribution in [0, 0.1) is 5.92 Å². The molecule has 0 radical (unpaired) electrons. The number of benzene rings is 1. The fraction of sp³-hybridized carbons (Fsp3) is 0.357. The van der Waals surface area contributed by atoms with Gasteiger partial charge in [0.25, 0.3) is 5.91 Å². The predicted molar refractivity (Wildman–Crippen MR) is 79.5 cm³/mol. The van der Waals surface area contributed by atoms with Crippen molar-refractivity contribution >= 4 is 11.9 Å². The Balaban J connectivity index is 2.12. The van der Waals surface area contributed by atoms with E-state index in [0.29, 0.717) is 17.0 Å². The van der Waals surface area contributed by atoms with Crippen LogP contribution in [0.4, 0.5) is 0 Å². The lowest BCUT2D eigenvalue weighted by atomic mass is 10.1. The number of aliphatic carboxylic acids is 1. The molecule has 122 valence electrons. The number of nitrogens with one attached hydrogen (secondary N) is 1. The lowest BCUT2D eigenvalue weighted by Gasteiger charge is -2.12. The van der Waals surface area contributed by atoms with Gasteiger partial charge in [0.05, 0.1) is 7.11 Å². The van der Waals surface area contributed by atoms with Gasteiger partial charge in [0.1, 0.15) is 17.8 Å². The van der Waals surface area contributed by atoms with Crippen molar-refractivity contribution in [2.45, 2.75) is 13.3 Å². The fourth-order valence-corrected chi connectivity index (χ4v) is 2.02. The van der Waals surface area contributed by atoms with Crippen molar-refractivity contribution in [3.63, 3.8) is 0 Å². The third-order valence-electron chi connectivity index (χ3n) is 3.17. The van der Waals surface area contributed by atoms with E-state index in [9.17, 15) is 9.59 Å². The number of carbonyl (C=O) groups is 2. The van der Waals surface area contributed by atoms with Crippen LogP contribution in [0.2, 0.25) is 0 Å². The van der Waals surface area contributed by atoms with E-state index in [4.69, 9.17) is 9.84 Å². The Labute approximate surface area is 132 Å². The van der Waals surface area contributed by atoms with Crippen LogP contribution in [0.3, 0.4) is 0 Å². The molecule has 23 heavy (non-hydrogen) atoms. The van der Waals surface area contributed by atoms with Crippen molar-refractivity contribution in [3.05, 3.63) is 30.1 Å². The van der Waals surface area contributed by atoms with Crippen molar-refractivity contribution in [2.24, 2.45) is 5.92 Å². The summed E-state index contributed by atoms with van der Waals surface area (Å²) < 4.78 is 6.62. The van der Waals surface area contributed by atoms with Crippen LogP contribution >= 0.6 is 0 Å². The zero-order valence-electron chi connectivity index (χ0n) is 12.8. The van der Waals surface area contributed by atoms with Gasteiger partial charge in [-0.1, -0.05) is 6.92 Å². The highest BCUT2D eigenvalue weighted by Gasteiger charge is 2.14. The summed E-state index contributed by atoms with van der Waals surface area (Å²) in [6, 6.07) is 4.86. The van der Waals surface area contributed by atoms with Gasteiger partial charge in [-0.2, -0.15) is 4.68 Å². The summed E-state index contributed by atoms with van der Waals surface area (Å²) in [7, 11) is 1.51. The van der Waals surface area contributed by atoms with E-state index >= 15 is 0 Å². The molecule has 2 rings (SSSR count). The van der Waals surface area contributed by atoms with Crippen molar-refractivity contribution in [1.82, 2.24) is 25.5 Å². The van der Waals surface area contributed by atoms with E-state index in [1.807, 2.05) is 0 Å². The minimum Gasteiger partial charge on any atom is -0.494 e. The van der Waals surface area contributed by atoms with E-state index in [0.717, 1.165) is 0 Å². The molecule has 1 aromatic carbocycles. The first-order valence-electron chi connectivity index (χ1n) is 6.92. The largest absolute Gasteiger partial charge is 0.494 e. The minimum absolute atomic E-state index is 0.00122. The van der Waals surface area contributed by atoms with Crippen LogP contribution in [0.25, 0.3) is 5.69 Å². The number of hydrogen-bond donors (Lipinski definition) is 2. The molecular weight excluding hydrogens is 302 g/mol. The van der Waals surface area contributed by atoms with Gasteiger partial charge in [0.15, 0.2) is 0 Å². The van der Waals surface area contributed by atoms with Crippen molar-refractivity contribution < 1.29 is 19.4 Å². The molecule has 1 unspecified atom stereocenters. The molecule has 0 aliphatic carbocycles. The molecule has 9 heteroatoms. The molecular formula is C14H17N5O4. The monoisotopic (exact) mass is 319 g/mol. The Morgan fingerprint density at radius 3 is 2.83 bits per heavy atom. The average molecular weight is 319 g/mol. The molecule has 0 bridgehead atoms. The Hall–Kier alpha value is -2.97. The van der Waals surface area contributed by atoms with E-state index in [-0.39, 0.29) is 24.8 Å². The number of carboxylic acids is 1. The lowest BCUT2D eigenvalue weighted by Crippen LogP contribution is -2.29. The van der Waals surface area contributed by atoms with Crippen LogP contribution in [0.15, 0.2) is 24.5 Å². The van der Waals surface area contributed by atoms with Crippen LogP contribution in [0.5, 0.6) is 5.75 Å². The normalized spacial score (nSPS) is 11.7. The first-order valence-corrected chi connectivity index (χ1v) is 6.92. The van der Waals surface area contributed by atoms with Crippen molar-refractivity contribution in [3.8, 4) is 11.4 Å². The summed E-state index contributed by atoms with van der Waals surface area (Å²) in [5, 5.41) is 22.3.